The average Bonchev–Trinajstić information content (AvgIpc) is 2.58. The summed E-state index contributed by atoms with van der Waals surface area (Å²) in [6, 6.07) is 3.73. The standard InChI is InChI=1S/C20H30O4/c1-13(4-3-5-15(10-21)11-22)17-7-6-14(2)20-18(17)8-16(12-23)9-19(20)24/h5,8-9,13-14,17,21-24H,3-4,6-7,10-12H2,1-2H3. The summed E-state index contributed by atoms with van der Waals surface area (Å²) in [4.78, 5) is 0. The van der Waals surface area contributed by atoms with Crippen LogP contribution in [0.25, 0.3) is 0 Å². The van der Waals surface area contributed by atoms with Crippen LogP contribution in [0.3, 0.4) is 0 Å². The normalized spacial score (nSPS) is 21.2. The third kappa shape index (κ3) is 4.18. The highest BCUT2D eigenvalue weighted by molar-refractivity contribution is 5.48. The van der Waals surface area contributed by atoms with Crippen LogP contribution in [0, 0.1) is 5.92 Å². The smallest absolute Gasteiger partial charge is 0.119 e. The Morgan fingerprint density at radius 3 is 2.54 bits per heavy atom. The van der Waals surface area contributed by atoms with Crippen molar-refractivity contribution in [2.45, 2.75) is 58.0 Å². The van der Waals surface area contributed by atoms with Crippen LogP contribution >= 0.6 is 0 Å². The zero-order valence-corrected chi connectivity index (χ0v) is 14.7. The Labute approximate surface area is 144 Å². The molecule has 1 aliphatic rings. The first-order valence-electron chi connectivity index (χ1n) is 8.87. The lowest BCUT2D eigenvalue weighted by atomic mass is 9.71. The fourth-order valence-corrected chi connectivity index (χ4v) is 3.91. The number of phenols is 1. The van der Waals surface area contributed by atoms with Crippen molar-refractivity contribution in [3.63, 3.8) is 0 Å². The van der Waals surface area contributed by atoms with E-state index in [9.17, 15) is 10.2 Å². The number of hydrogen-bond acceptors (Lipinski definition) is 4. The maximum absolute atomic E-state index is 10.4. The van der Waals surface area contributed by atoms with E-state index < -0.39 is 0 Å². The number of allylic oxidation sites excluding steroid dienone is 1. The fourth-order valence-electron chi connectivity index (χ4n) is 3.91. The topological polar surface area (TPSA) is 80.9 Å². The molecular formula is C20H30O4. The zero-order chi connectivity index (χ0) is 17.7. The molecular weight excluding hydrogens is 304 g/mol. The Morgan fingerprint density at radius 2 is 1.92 bits per heavy atom. The second kappa shape index (κ2) is 8.65. The van der Waals surface area contributed by atoms with Crippen LogP contribution in [0.15, 0.2) is 23.8 Å². The molecule has 4 N–H and O–H groups in total. The number of phenolic OH excluding ortho intramolecular Hbond substituents is 1. The van der Waals surface area contributed by atoms with Crippen molar-refractivity contribution in [1.82, 2.24) is 0 Å². The molecule has 0 amide bonds. The van der Waals surface area contributed by atoms with Gasteiger partial charge in [0.05, 0.1) is 19.8 Å². The summed E-state index contributed by atoms with van der Waals surface area (Å²) in [5, 5.41) is 38.0. The van der Waals surface area contributed by atoms with Crippen molar-refractivity contribution in [2.24, 2.45) is 5.92 Å². The Balaban J connectivity index is 2.19. The van der Waals surface area contributed by atoms with E-state index >= 15 is 0 Å². The molecule has 134 valence electrons. The van der Waals surface area contributed by atoms with Crippen LogP contribution in [0.2, 0.25) is 0 Å². The van der Waals surface area contributed by atoms with E-state index in [2.05, 4.69) is 19.9 Å². The largest absolute Gasteiger partial charge is 0.508 e. The summed E-state index contributed by atoms with van der Waals surface area (Å²) in [7, 11) is 0. The molecule has 2 rings (SSSR count). The first-order valence-corrected chi connectivity index (χ1v) is 8.87. The number of aliphatic hydroxyl groups is 3. The van der Waals surface area contributed by atoms with Crippen LogP contribution < -0.4 is 0 Å². The van der Waals surface area contributed by atoms with Gasteiger partial charge in [-0.15, -0.1) is 0 Å². The van der Waals surface area contributed by atoms with E-state index in [1.54, 1.807) is 6.07 Å². The van der Waals surface area contributed by atoms with Gasteiger partial charge in [0.25, 0.3) is 0 Å². The first kappa shape index (κ1) is 19.0. The molecule has 0 aromatic heterocycles. The van der Waals surface area contributed by atoms with Gasteiger partial charge in [-0.05, 0) is 66.2 Å². The Morgan fingerprint density at radius 1 is 1.21 bits per heavy atom. The number of rotatable bonds is 7. The zero-order valence-electron chi connectivity index (χ0n) is 14.7. The van der Waals surface area contributed by atoms with Crippen molar-refractivity contribution in [3.8, 4) is 5.75 Å². The highest BCUT2D eigenvalue weighted by atomic mass is 16.3. The summed E-state index contributed by atoms with van der Waals surface area (Å²) >= 11 is 0. The van der Waals surface area contributed by atoms with E-state index in [4.69, 9.17) is 10.2 Å². The summed E-state index contributed by atoms with van der Waals surface area (Å²) in [6.07, 6.45) is 5.85. The maximum atomic E-state index is 10.4. The molecule has 0 saturated carbocycles. The number of aromatic hydroxyl groups is 1. The maximum Gasteiger partial charge on any atom is 0.119 e. The third-order valence-corrected chi connectivity index (χ3v) is 5.38. The van der Waals surface area contributed by atoms with Gasteiger partial charge in [0.1, 0.15) is 5.75 Å². The van der Waals surface area contributed by atoms with Gasteiger partial charge in [0.2, 0.25) is 0 Å². The molecule has 4 heteroatoms. The summed E-state index contributed by atoms with van der Waals surface area (Å²) in [5.41, 5.74) is 3.65. The number of fused-ring (bicyclic) bond motifs is 1. The number of aliphatic hydroxyl groups excluding tert-OH is 3. The summed E-state index contributed by atoms with van der Waals surface area (Å²) in [5.74, 6) is 1.45. The molecule has 0 spiro atoms. The molecule has 0 radical (unpaired) electrons. The van der Waals surface area contributed by atoms with Crippen LogP contribution in [-0.2, 0) is 6.61 Å². The van der Waals surface area contributed by atoms with Crippen molar-refractivity contribution in [3.05, 3.63) is 40.5 Å². The molecule has 1 aliphatic carbocycles. The van der Waals surface area contributed by atoms with Crippen molar-refractivity contribution in [1.29, 1.82) is 0 Å². The molecule has 0 heterocycles. The molecule has 0 fully saturated rings. The summed E-state index contributed by atoms with van der Waals surface area (Å²) in [6.45, 7) is 4.12. The van der Waals surface area contributed by atoms with Gasteiger partial charge < -0.3 is 20.4 Å². The average molecular weight is 334 g/mol. The van der Waals surface area contributed by atoms with Crippen molar-refractivity contribution in [2.75, 3.05) is 13.2 Å². The molecule has 1 aromatic carbocycles. The lowest BCUT2D eigenvalue weighted by Gasteiger charge is -2.34. The van der Waals surface area contributed by atoms with Gasteiger partial charge >= 0.3 is 0 Å². The van der Waals surface area contributed by atoms with Crippen LogP contribution in [-0.4, -0.2) is 33.6 Å². The number of benzene rings is 1. The Bertz CT molecular complexity index is 573. The van der Waals surface area contributed by atoms with Gasteiger partial charge in [0, 0.05) is 5.56 Å². The van der Waals surface area contributed by atoms with E-state index in [1.165, 1.54) is 5.56 Å². The lowest BCUT2D eigenvalue weighted by molar-refractivity contribution is 0.275. The monoisotopic (exact) mass is 334 g/mol. The quantitative estimate of drug-likeness (QED) is 0.577. The predicted molar refractivity (Wildman–Crippen MR) is 95.1 cm³/mol. The number of hydrogen-bond donors (Lipinski definition) is 4. The lowest BCUT2D eigenvalue weighted by Crippen LogP contribution is -2.19. The van der Waals surface area contributed by atoms with Gasteiger partial charge in [-0.1, -0.05) is 26.0 Å². The third-order valence-electron chi connectivity index (χ3n) is 5.38. The molecule has 0 aliphatic heterocycles. The van der Waals surface area contributed by atoms with Gasteiger partial charge in [-0.3, -0.25) is 0 Å². The van der Waals surface area contributed by atoms with E-state index in [-0.39, 0.29) is 19.8 Å². The Kier molecular flexibility index (Phi) is 6.84. The first-order chi connectivity index (χ1) is 11.5. The molecule has 0 bridgehead atoms. The van der Waals surface area contributed by atoms with Gasteiger partial charge in [-0.25, -0.2) is 0 Å². The molecule has 3 atom stereocenters. The fraction of sp³-hybridized carbons (Fsp3) is 0.600. The van der Waals surface area contributed by atoms with E-state index in [0.717, 1.165) is 36.8 Å². The molecule has 4 nitrogen and oxygen atoms in total. The Hall–Kier alpha value is -1.36. The highest BCUT2D eigenvalue weighted by Gasteiger charge is 2.30. The molecule has 3 unspecified atom stereocenters. The minimum absolute atomic E-state index is 0.0601. The van der Waals surface area contributed by atoms with Crippen LogP contribution in [0.1, 0.15) is 68.1 Å². The summed E-state index contributed by atoms with van der Waals surface area (Å²) < 4.78 is 0. The van der Waals surface area contributed by atoms with E-state index in [1.807, 2.05) is 6.08 Å². The van der Waals surface area contributed by atoms with Gasteiger partial charge in [0.15, 0.2) is 0 Å². The van der Waals surface area contributed by atoms with E-state index in [0.29, 0.717) is 29.1 Å². The van der Waals surface area contributed by atoms with Crippen LogP contribution in [0.4, 0.5) is 0 Å². The van der Waals surface area contributed by atoms with Crippen molar-refractivity contribution < 1.29 is 20.4 Å². The molecule has 24 heavy (non-hydrogen) atoms. The SMILES string of the molecule is CC1CCC(C(C)CCC=C(CO)CO)c2cc(CO)cc(O)c21. The molecule has 1 aromatic rings. The highest BCUT2D eigenvalue weighted by Crippen LogP contribution is 2.47. The molecule has 0 saturated heterocycles. The second-order valence-corrected chi connectivity index (χ2v) is 7.09. The van der Waals surface area contributed by atoms with Crippen LogP contribution in [0.5, 0.6) is 5.75 Å². The van der Waals surface area contributed by atoms with Gasteiger partial charge in [-0.2, -0.15) is 0 Å². The minimum atomic E-state index is -0.0949. The minimum Gasteiger partial charge on any atom is -0.508 e. The predicted octanol–water partition coefficient (Wildman–Crippen LogP) is 3.19. The second-order valence-electron chi connectivity index (χ2n) is 7.09. The van der Waals surface area contributed by atoms with Crippen molar-refractivity contribution >= 4 is 0 Å².